The van der Waals surface area contributed by atoms with Crippen LogP contribution in [0.1, 0.15) is 36.0 Å². The molecule has 12 heteroatoms. The van der Waals surface area contributed by atoms with Gasteiger partial charge in [0.15, 0.2) is 0 Å². The first-order valence-corrected chi connectivity index (χ1v) is 13.2. The topological polar surface area (TPSA) is 180 Å². The molecule has 0 aliphatic carbocycles. The Bertz CT molecular complexity index is 1370. The normalized spacial score (nSPS) is 12.7. The number of nitro groups is 1. The predicted molar refractivity (Wildman–Crippen MR) is 152 cm³/mol. The maximum Gasteiger partial charge on any atom is 0.408 e. The van der Waals surface area contributed by atoms with Crippen molar-refractivity contribution >= 4 is 29.6 Å². The summed E-state index contributed by atoms with van der Waals surface area (Å²) in [6, 6.07) is 20.4. The molecule has 0 heterocycles. The van der Waals surface area contributed by atoms with Gasteiger partial charge in [-0.3, -0.25) is 24.5 Å². The van der Waals surface area contributed by atoms with Crippen molar-refractivity contribution < 1.29 is 33.6 Å². The van der Waals surface area contributed by atoms with Gasteiger partial charge in [0, 0.05) is 24.5 Å². The Hall–Kier alpha value is -5.26. The summed E-state index contributed by atoms with van der Waals surface area (Å²) < 4.78 is 10.3. The molecule has 0 aliphatic heterocycles. The fourth-order valence-corrected chi connectivity index (χ4v) is 4.26. The van der Waals surface area contributed by atoms with E-state index in [9.17, 15) is 29.3 Å². The standard InChI is InChI=1S/C30H32N4O8/c1-2-41-26(35)18-24(22-13-15-23(16-14-22)34(39)40)27(28(31)36)33-29(37)25(17-20-9-5-3-6-10-20)32-30(38)42-19-21-11-7-4-8-12-21/h3-16,24-25,27H,2,17-19H2,1H3,(H2,31,36)(H,32,38)(H,33,37)/t24-,25+,27-/m0/s1. The number of nitrogens with zero attached hydrogens (tertiary/aromatic N) is 1. The molecule has 3 amide bonds. The van der Waals surface area contributed by atoms with Crippen LogP contribution in [0.15, 0.2) is 84.9 Å². The maximum absolute atomic E-state index is 13.6. The number of rotatable bonds is 14. The molecular formula is C30H32N4O8. The number of carbonyl (C=O) groups is 4. The van der Waals surface area contributed by atoms with Gasteiger partial charge in [0.2, 0.25) is 11.8 Å². The highest BCUT2D eigenvalue weighted by Crippen LogP contribution is 2.27. The van der Waals surface area contributed by atoms with Gasteiger partial charge in [-0.1, -0.05) is 72.8 Å². The van der Waals surface area contributed by atoms with E-state index in [1.807, 2.05) is 6.07 Å². The number of non-ortho nitro benzene ring substituents is 1. The van der Waals surface area contributed by atoms with Crippen molar-refractivity contribution in [3.8, 4) is 0 Å². The lowest BCUT2D eigenvalue weighted by atomic mass is 9.87. The average Bonchev–Trinajstić information content (AvgIpc) is 2.98. The van der Waals surface area contributed by atoms with E-state index in [0.29, 0.717) is 5.56 Å². The molecule has 3 aromatic carbocycles. The highest BCUT2D eigenvalue weighted by Gasteiger charge is 2.34. The third kappa shape index (κ3) is 9.44. The minimum Gasteiger partial charge on any atom is -0.466 e. The SMILES string of the molecule is CCOC(=O)C[C@@H](c1ccc([N+](=O)[O-])cc1)[C@H](NC(=O)[C@@H](Cc1ccccc1)NC(=O)OCc1ccccc1)C(N)=O. The van der Waals surface area contributed by atoms with Crippen LogP contribution in [0.3, 0.4) is 0 Å². The highest BCUT2D eigenvalue weighted by molar-refractivity contribution is 5.92. The van der Waals surface area contributed by atoms with Crippen molar-refractivity contribution in [3.05, 3.63) is 112 Å². The second-order valence-electron chi connectivity index (χ2n) is 9.30. The lowest BCUT2D eigenvalue weighted by Crippen LogP contribution is -2.55. The number of ether oxygens (including phenoxy) is 2. The first-order chi connectivity index (χ1) is 20.2. The summed E-state index contributed by atoms with van der Waals surface area (Å²) in [6.07, 6.45) is -1.15. The molecule has 0 bridgehead atoms. The van der Waals surface area contributed by atoms with E-state index in [1.54, 1.807) is 61.5 Å². The summed E-state index contributed by atoms with van der Waals surface area (Å²) in [4.78, 5) is 61.9. The Balaban J connectivity index is 1.85. The summed E-state index contributed by atoms with van der Waals surface area (Å²) in [5.41, 5.74) is 7.30. The van der Waals surface area contributed by atoms with Gasteiger partial charge < -0.3 is 25.8 Å². The van der Waals surface area contributed by atoms with Crippen LogP contribution in [0, 0.1) is 10.1 Å². The molecule has 3 aromatic rings. The first-order valence-electron chi connectivity index (χ1n) is 13.2. The van der Waals surface area contributed by atoms with Crippen LogP contribution in [0.2, 0.25) is 0 Å². The van der Waals surface area contributed by atoms with Gasteiger partial charge in [-0.25, -0.2) is 4.79 Å². The smallest absolute Gasteiger partial charge is 0.408 e. The Labute approximate surface area is 242 Å². The Morgan fingerprint density at radius 1 is 0.857 bits per heavy atom. The number of alkyl carbamates (subject to hydrolysis) is 1. The number of primary amides is 1. The number of nitro benzene ring substituents is 1. The van der Waals surface area contributed by atoms with Crippen LogP contribution >= 0.6 is 0 Å². The predicted octanol–water partition coefficient (Wildman–Crippen LogP) is 3.14. The molecule has 3 atom stereocenters. The molecule has 0 saturated carbocycles. The monoisotopic (exact) mass is 576 g/mol. The fraction of sp³-hybridized carbons (Fsp3) is 0.267. The molecule has 0 spiro atoms. The second kappa shape index (κ2) is 15.5. The number of hydrogen-bond acceptors (Lipinski definition) is 8. The van der Waals surface area contributed by atoms with Gasteiger partial charge in [-0.15, -0.1) is 0 Å². The van der Waals surface area contributed by atoms with E-state index in [2.05, 4.69) is 10.6 Å². The number of carbonyl (C=O) groups excluding carboxylic acids is 4. The van der Waals surface area contributed by atoms with E-state index >= 15 is 0 Å². The molecule has 0 aromatic heterocycles. The van der Waals surface area contributed by atoms with Gasteiger partial charge >= 0.3 is 12.1 Å². The number of hydrogen-bond donors (Lipinski definition) is 3. The van der Waals surface area contributed by atoms with Gasteiger partial charge in [-0.2, -0.15) is 0 Å². The third-order valence-corrected chi connectivity index (χ3v) is 6.33. The van der Waals surface area contributed by atoms with E-state index < -0.39 is 46.8 Å². The van der Waals surface area contributed by atoms with Crippen molar-refractivity contribution in [1.82, 2.24) is 10.6 Å². The Morgan fingerprint density at radius 3 is 2.00 bits per heavy atom. The zero-order chi connectivity index (χ0) is 30.5. The number of nitrogens with two attached hydrogens (primary N) is 1. The third-order valence-electron chi connectivity index (χ3n) is 6.33. The summed E-state index contributed by atoms with van der Waals surface area (Å²) in [5, 5.41) is 16.3. The molecule has 42 heavy (non-hydrogen) atoms. The first kappa shape index (κ1) is 31.3. The largest absolute Gasteiger partial charge is 0.466 e. The molecular weight excluding hydrogens is 544 g/mol. The van der Waals surface area contributed by atoms with Crippen LogP contribution < -0.4 is 16.4 Å². The molecule has 0 unspecified atom stereocenters. The zero-order valence-corrected chi connectivity index (χ0v) is 22.9. The summed E-state index contributed by atoms with van der Waals surface area (Å²) >= 11 is 0. The quantitative estimate of drug-likeness (QED) is 0.149. The number of esters is 1. The average molecular weight is 577 g/mol. The van der Waals surface area contributed by atoms with Crippen LogP contribution in [-0.4, -0.2) is 47.5 Å². The summed E-state index contributed by atoms with van der Waals surface area (Å²) in [6.45, 7) is 1.66. The van der Waals surface area contributed by atoms with Gasteiger partial charge in [0.05, 0.1) is 18.0 Å². The van der Waals surface area contributed by atoms with Crippen molar-refractivity contribution in [1.29, 1.82) is 0 Å². The van der Waals surface area contributed by atoms with Crippen molar-refractivity contribution in [2.75, 3.05) is 6.61 Å². The van der Waals surface area contributed by atoms with Gasteiger partial charge in [0.1, 0.15) is 18.7 Å². The molecule has 0 fully saturated rings. The molecule has 220 valence electrons. The summed E-state index contributed by atoms with van der Waals surface area (Å²) in [7, 11) is 0. The van der Waals surface area contributed by atoms with E-state index in [0.717, 1.165) is 11.1 Å². The number of benzene rings is 3. The molecule has 0 aliphatic rings. The van der Waals surface area contributed by atoms with E-state index in [4.69, 9.17) is 15.2 Å². The minimum absolute atomic E-state index is 0.0297. The van der Waals surface area contributed by atoms with Crippen LogP contribution in [0.25, 0.3) is 0 Å². The van der Waals surface area contributed by atoms with Crippen molar-refractivity contribution in [2.45, 2.75) is 44.4 Å². The Morgan fingerprint density at radius 2 is 1.45 bits per heavy atom. The highest BCUT2D eigenvalue weighted by atomic mass is 16.6. The zero-order valence-electron chi connectivity index (χ0n) is 22.9. The minimum atomic E-state index is -1.43. The van der Waals surface area contributed by atoms with Gasteiger partial charge in [-0.05, 0) is 23.6 Å². The van der Waals surface area contributed by atoms with E-state index in [-0.39, 0.29) is 31.7 Å². The number of nitrogens with one attached hydrogen (secondary N) is 2. The van der Waals surface area contributed by atoms with Crippen LogP contribution in [0.5, 0.6) is 0 Å². The Kier molecular flexibility index (Phi) is 11.5. The van der Waals surface area contributed by atoms with Crippen LogP contribution in [-0.2, 0) is 36.9 Å². The van der Waals surface area contributed by atoms with E-state index in [1.165, 1.54) is 24.3 Å². The molecule has 0 radical (unpaired) electrons. The van der Waals surface area contributed by atoms with Crippen LogP contribution in [0.4, 0.5) is 10.5 Å². The van der Waals surface area contributed by atoms with Crippen molar-refractivity contribution in [2.24, 2.45) is 5.73 Å². The van der Waals surface area contributed by atoms with Crippen molar-refractivity contribution in [3.63, 3.8) is 0 Å². The van der Waals surface area contributed by atoms with Gasteiger partial charge in [0.25, 0.3) is 5.69 Å². The molecule has 0 saturated heterocycles. The number of amides is 3. The second-order valence-corrected chi connectivity index (χ2v) is 9.30. The maximum atomic E-state index is 13.6. The summed E-state index contributed by atoms with van der Waals surface area (Å²) in [5.74, 6) is -3.39. The molecule has 4 N–H and O–H groups in total. The fourth-order valence-electron chi connectivity index (χ4n) is 4.26. The lowest BCUT2D eigenvalue weighted by molar-refractivity contribution is -0.384. The molecule has 12 nitrogen and oxygen atoms in total. The molecule has 3 rings (SSSR count). The lowest BCUT2D eigenvalue weighted by Gasteiger charge is -2.28.